The number of rotatable bonds is 5. The summed E-state index contributed by atoms with van der Waals surface area (Å²) in [7, 11) is -2.74. The van der Waals surface area contributed by atoms with Gasteiger partial charge in [-0.1, -0.05) is 6.08 Å². The normalized spacial score (nSPS) is 27.4. The van der Waals surface area contributed by atoms with Gasteiger partial charge in [-0.2, -0.15) is 0 Å². The summed E-state index contributed by atoms with van der Waals surface area (Å²) in [5.74, 6) is 0.657. The number of allylic oxidation sites excluding steroid dienone is 1. The van der Waals surface area contributed by atoms with E-state index >= 15 is 0 Å². The van der Waals surface area contributed by atoms with Gasteiger partial charge < -0.3 is 5.32 Å². The van der Waals surface area contributed by atoms with Crippen LogP contribution < -0.4 is 5.32 Å². The van der Waals surface area contributed by atoms with Gasteiger partial charge in [0.2, 0.25) is 0 Å². The van der Waals surface area contributed by atoms with Gasteiger partial charge in [0.05, 0.1) is 11.5 Å². The molecule has 1 N–H and O–H groups in total. The minimum Gasteiger partial charge on any atom is -0.310 e. The molecule has 1 fully saturated rings. The zero-order valence-electron chi connectivity index (χ0n) is 8.70. The highest BCUT2D eigenvalue weighted by atomic mass is 32.2. The van der Waals surface area contributed by atoms with Gasteiger partial charge >= 0.3 is 0 Å². The van der Waals surface area contributed by atoms with Crippen molar-refractivity contribution < 1.29 is 8.42 Å². The zero-order chi connectivity index (χ0) is 10.6. The molecule has 4 heteroatoms. The van der Waals surface area contributed by atoms with E-state index in [1.807, 2.05) is 6.08 Å². The van der Waals surface area contributed by atoms with Gasteiger partial charge in [0.15, 0.2) is 9.84 Å². The third kappa shape index (κ3) is 3.80. The Kier molecular flexibility index (Phi) is 4.13. The van der Waals surface area contributed by atoms with Crippen LogP contribution in [0.1, 0.15) is 26.2 Å². The van der Waals surface area contributed by atoms with E-state index in [4.69, 9.17) is 0 Å². The molecular formula is C10H19NO2S. The topological polar surface area (TPSA) is 46.2 Å². The number of hydrogen-bond acceptors (Lipinski definition) is 3. The van der Waals surface area contributed by atoms with E-state index in [1.165, 1.54) is 0 Å². The van der Waals surface area contributed by atoms with Crippen molar-refractivity contribution in [3.63, 3.8) is 0 Å². The van der Waals surface area contributed by atoms with E-state index in [0.29, 0.717) is 17.5 Å². The van der Waals surface area contributed by atoms with Crippen LogP contribution >= 0.6 is 0 Å². The molecule has 14 heavy (non-hydrogen) atoms. The fraction of sp³-hybridized carbons (Fsp3) is 0.800. The fourth-order valence-electron chi connectivity index (χ4n) is 1.78. The second kappa shape index (κ2) is 4.94. The van der Waals surface area contributed by atoms with Crippen molar-refractivity contribution in [3.05, 3.63) is 12.7 Å². The van der Waals surface area contributed by atoms with Crippen LogP contribution in [0.25, 0.3) is 0 Å². The van der Waals surface area contributed by atoms with Gasteiger partial charge in [0.1, 0.15) is 0 Å². The van der Waals surface area contributed by atoms with E-state index < -0.39 is 9.84 Å². The zero-order valence-corrected chi connectivity index (χ0v) is 9.52. The predicted octanol–water partition coefficient (Wildman–Crippen LogP) is 1.12. The number of hydrogen-bond donors (Lipinski definition) is 1. The van der Waals surface area contributed by atoms with Crippen molar-refractivity contribution in [2.45, 2.75) is 38.3 Å². The molecule has 82 valence electrons. The molecule has 0 radical (unpaired) electrons. The first kappa shape index (κ1) is 11.7. The Bertz CT molecular complexity index is 284. The van der Waals surface area contributed by atoms with Crippen LogP contribution in [0.5, 0.6) is 0 Å². The molecule has 1 aliphatic rings. The summed E-state index contributed by atoms with van der Waals surface area (Å²) in [5.41, 5.74) is 0. The Hall–Kier alpha value is -0.350. The molecule has 0 bridgehead atoms. The lowest BCUT2D eigenvalue weighted by atomic mass is 10.1. The van der Waals surface area contributed by atoms with Crippen molar-refractivity contribution in [2.24, 2.45) is 0 Å². The Balaban J connectivity index is 2.28. The van der Waals surface area contributed by atoms with Gasteiger partial charge in [-0.3, -0.25) is 0 Å². The molecule has 0 aliphatic carbocycles. The summed E-state index contributed by atoms with van der Waals surface area (Å²) in [6, 6.07) is 0.547. The van der Waals surface area contributed by atoms with Crippen LogP contribution in [-0.4, -0.2) is 32.0 Å². The summed E-state index contributed by atoms with van der Waals surface area (Å²) in [4.78, 5) is 0. The van der Waals surface area contributed by atoms with E-state index in [1.54, 1.807) is 0 Å². The summed E-state index contributed by atoms with van der Waals surface area (Å²) < 4.78 is 22.4. The number of sulfone groups is 1. The monoisotopic (exact) mass is 217 g/mol. The van der Waals surface area contributed by atoms with Crippen LogP contribution in [-0.2, 0) is 9.84 Å². The van der Waals surface area contributed by atoms with Crippen molar-refractivity contribution >= 4 is 9.84 Å². The molecule has 3 nitrogen and oxygen atoms in total. The molecule has 0 saturated carbocycles. The van der Waals surface area contributed by atoms with Crippen molar-refractivity contribution in [1.29, 1.82) is 0 Å². The Morgan fingerprint density at radius 3 is 2.86 bits per heavy atom. The average molecular weight is 217 g/mol. The Morgan fingerprint density at radius 1 is 1.64 bits per heavy atom. The van der Waals surface area contributed by atoms with Crippen LogP contribution in [0.2, 0.25) is 0 Å². The molecule has 0 spiro atoms. The summed E-state index contributed by atoms with van der Waals surface area (Å²) in [6.07, 6.45) is 4.66. The van der Waals surface area contributed by atoms with Crippen LogP contribution in [0.15, 0.2) is 12.7 Å². The minimum absolute atomic E-state index is 0.166. The molecule has 0 unspecified atom stereocenters. The highest BCUT2D eigenvalue weighted by Crippen LogP contribution is 2.12. The van der Waals surface area contributed by atoms with Gasteiger partial charge in [0, 0.05) is 12.1 Å². The maximum atomic E-state index is 11.2. The second-order valence-corrected chi connectivity index (χ2v) is 6.26. The molecule has 0 aromatic rings. The molecule has 2 atom stereocenters. The first-order valence-electron chi connectivity index (χ1n) is 5.11. The van der Waals surface area contributed by atoms with E-state index in [2.05, 4.69) is 18.8 Å². The molecule has 1 saturated heterocycles. The van der Waals surface area contributed by atoms with Crippen LogP contribution in [0, 0.1) is 0 Å². The van der Waals surface area contributed by atoms with Gasteiger partial charge in [0.25, 0.3) is 0 Å². The average Bonchev–Trinajstić information content (AvgIpc) is 2.42. The summed E-state index contributed by atoms with van der Waals surface area (Å²) in [6.45, 7) is 5.76. The van der Waals surface area contributed by atoms with Crippen molar-refractivity contribution in [3.8, 4) is 0 Å². The first-order chi connectivity index (χ1) is 6.53. The van der Waals surface area contributed by atoms with E-state index in [0.717, 1.165) is 19.3 Å². The lowest BCUT2D eigenvalue weighted by Gasteiger charge is -2.17. The number of nitrogens with one attached hydrogen (secondary N) is 1. The second-order valence-electron chi connectivity index (χ2n) is 4.03. The predicted molar refractivity (Wildman–Crippen MR) is 59.1 cm³/mol. The minimum atomic E-state index is -2.74. The highest BCUT2D eigenvalue weighted by molar-refractivity contribution is 7.91. The third-order valence-electron chi connectivity index (χ3n) is 2.56. The maximum absolute atomic E-state index is 11.2. The first-order valence-corrected chi connectivity index (χ1v) is 6.93. The van der Waals surface area contributed by atoms with Gasteiger partial charge in [-0.05, 0) is 26.2 Å². The lowest BCUT2D eigenvalue weighted by molar-refractivity contribution is 0.452. The van der Waals surface area contributed by atoms with Gasteiger partial charge in [-0.25, -0.2) is 8.42 Å². The SMILES string of the molecule is C=CCC[C@H](C)N[C@@H]1CCS(=O)(=O)C1. The summed E-state index contributed by atoms with van der Waals surface area (Å²) in [5, 5.41) is 3.34. The standard InChI is InChI=1S/C10H19NO2S/c1-3-4-5-9(2)11-10-6-7-14(12,13)8-10/h3,9-11H,1,4-8H2,2H3/t9-,10+/m0/s1. The van der Waals surface area contributed by atoms with Crippen LogP contribution in [0.3, 0.4) is 0 Å². The molecule has 0 aromatic carbocycles. The quantitative estimate of drug-likeness (QED) is 0.702. The van der Waals surface area contributed by atoms with E-state index in [9.17, 15) is 8.42 Å². The molecular weight excluding hydrogens is 198 g/mol. The highest BCUT2D eigenvalue weighted by Gasteiger charge is 2.28. The van der Waals surface area contributed by atoms with E-state index in [-0.39, 0.29) is 6.04 Å². The molecule has 1 rings (SSSR count). The fourth-order valence-corrected chi connectivity index (χ4v) is 3.47. The van der Waals surface area contributed by atoms with Gasteiger partial charge in [-0.15, -0.1) is 6.58 Å². The smallest absolute Gasteiger partial charge is 0.151 e. The molecule has 1 heterocycles. The maximum Gasteiger partial charge on any atom is 0.151 e. The molecule has 0 amide bonds. The Labute approximate surface area is 86.5 Å². The third-order valence-corrected chi connectivity index (χ3v) is 4.32. The Morgan fingerprint density at radius 2 is 2.36 bits per heavy atom. The summed E-state index contributed by atoms with van der Waals surface area (Å²) >= 11 is 0. The largest absolute Gasteiger partial charge is 0.310 e. The lowest BCUT2D eigenvalue weighted by Crippen LogP contribution is -2.37. The molecule has 1 aliphatic heterocycles. The van der Waals surface area contributed by atoms with Crippen molar-refractivity contribution in [2.75, 3.05) is 11.5 Å². The van der Waals surface area contributed by atoms with Crippen molar-refractivity contribution in [1.82, 2.24) is 5.32 Å². The van der Waals surface area contributed by atoms with Crippen LogP contribution in [0.4, 0.5) is 0 Å². The molecule has 0 aromatic heterocycles.